The van der Waals surface area contributed by atoms with Gasteiger partial charge in [-0.15, -0.1) is 0 Å². The highest BCUT2D eigenvalue weighted by Gasteiger charge is 2.15. The van der Waals surface area contributed by atoms with Crippen LogP contribution in [0.3, 0.4) is 0 Å². The van der Waals surface area contributed by atoms with Crippen molar-refractivity contribution in [2.24, 2.45) is 0 Å². The lowest BCUT2D eigenvalue weighted by Gasteiger charge is -2.20. The molecular weight excluding hydrogens is 252 g/mol. The lowest BCUT2D eigenvalue weighted by atomic mass is 10.0. The second-order valence-corrected chi connectivity index (χ2v) is 4.94. The molecule has 1 unspecified atom stereocenters. The van der Waals surface area contributed by atoms with Crippen molar-refractivity contribution < 1.29 is 14.6 Å². The zero-order valence-electron chi connectivity index (χ0n) is 11.3. The molecule has 1 heterocycles. The number of aliphatic hydroxyl groups is 1. The van der Waals surface area contributed by atoms with E-state index in [1.165, 1.54) is 5.56 Å². The normalized spacial score (nSPS) is 14.8. The van der Waals surface area contributed by atoms with Crippen molar-refractivity contribution in [1.82, 2.24) is 0 Å². The molecule has 3 heteroatoms. The molecular formula is C17H18O3. The van der Waals surface area contributed by atoms with Gasteiger partial charge in [0.05, 0.1) is 6.10 Å². The van der Waals surface area contributed by atoms with Crippen molar-refractivity contribution in [3.8, 4) is 11.5 Å². The van der Waals surface area contributed by atoms with Gasteiger partial charge in [-0.1, -0.05) is 36.4 Å². The molecule has 0 radical (unpaired) electrons. The van der Waals surface area contributed by atoms with Crippen LogP contribution in [0, 0.1) is 0 Å². The topological polar surface area (TPSA) is 38.7 Å². The zero-order valence-corrected chi connectivity index (χ0v) is 11.3. The third-order valence-electron chi connectivity index (χ3n) is 3.50. The van der Waals surface area contributed by atoms with Gasteiger partial charge in [-0.3, -0.25) is 0 Å². The summed E-state index contributed by atoms with van der Waals surface area (Å²) in [6.45, 7) is 1.15. The smallest absolute Gasteiger partial charge is 0.161 e. The lowest BCUT2D eigenvalue weighted by Crippen LogP contribution is -2.15. The monoisotopic (exact) mass is 270 g/mol. The largest absolute Gasteiger partial charge is 0.486 e. The summed E-state index contributed by atoms with van der Waals surface area (Å²) in [6, 6.07) is 15.9. The minimum Gasteiger partial charge on any atom is -0.486 e. The van der Waals surface area contributed by atoms with Crippen LogP contribution in [0.4, 0.5) is 0 Å². The summed E-state index contributed by atoms with van der Waals surface area (Å²) < 4.78 is 11.0. The number of hydrogen-bond donors (Lipinski definition) is 1. The molecule has 0 saturated heterocycles. The molecule has 20 heavy (non-hydrogen) atoms. The van der Waals surface area contributed by atoms with Gasteiger partial charge >= 0.3 is 0 Å². The van der Waals surface area contributed by atoms with E-state index in [1.54, 1.807) is 0 Å². The maximum atomic E-state index is 10.3. The van der Waals surface area contributed by atoms with Crippen molar-refractivity contribution in [2.75, 3.05) is 13.2 Å². The van der Waals surface area contributed by atoms with Crippen LogP contribution in [-0.2, 0) is 6.42 Å². The Morgan fingerprint density at radius 1 is 0.950 bits per heavy atom. The molecule has 3 rings (SSSR count). The predicted octanol–water partition coefficient (Wildman–Crippen LogP) is 3.12. The molecule has 1 N–H and O–H groups in total. The predicted molar refractivity (Wildman–Crippen MR) is 77.2 cm³/mol. The maximum absolute atomic E-state index is 10.3. The molecule has 0 aliphatic carbocycles. The summed E-state index contributed by atoms with van der Waals surface area (Å²) in [5, 5.41) is 10.3. The first-order valence-electron chi connectivity index (χ1n) is 6.94. The van der Waals surface area contributed by atoms with E-state index in [1.807, 2.05) is 36.4 Å². The molecule has 0 spiro atoms. The molecule has 0 bridgehead atoms. The molecule has 2 aromatic carbocycles. The Balaban J connectivity index is 1.66. The number of rotatable bonds is 4. The molecule has 1 aliphatic rings. The molecule has 0 amide bonds. The van der Waals surface area contributed by atoms with Crippen LogP contribution in [0.15, 0.2) is 48.5 Å². The van der Waals surface area contributed by atoms with Gasteiger partial charge in [0.25, 0.3) is 0 Å². The molecule has 104 valence electrons. The van der Waals surface area contributed by atoms with E-state index in [-0.39, 0.29) is 0 Å². The summed E-state index contributed by atoms with van der Waals surface area (Å²) in [4.78, 5) is 0. The summed E-state index contributed by atoms with van der Waals surface area (Å²) in [6.07, 6.45) is 1.08. The standard InChI is InChI=1S/C17H18O3/c18-15(8-6-13-4-2-1-3-5-13)14-7-9-16-17(12-14)20-11-10-19-16/h1-5,7,9,12,15,18H,6,8,10-11H2. The maximum Gasteiger partial charge on any atom is 0.161 e. The first-order valence-corrected chi connectivity index (χ1v) is 6.94. The Morgan fingerprint density at radius 2 is 1.70 bits per heavy atom. The molecule has 0 aromatic heterocycles. The Kier molecular flexibility index (Phi) is 3.88. The minimum absolute atomic E-state index is 0.481. The molecule has 0 saturated carbocycles. The Bertz CT molecular complexity index is 566. The van der Waals surface area contributed by atoms with Gasteiger partial charge in [0.2, 0.25) is 0 Å². The number of hydrogen-bond acceptors (Lipinski definition) is 3. The Labute approximate surface area is 118 Å². The van der Waals surface area contributed by atoms with Gasteiger partial charge in [-0.25, -0.2) is 0 Å². The van der Waals surface area contributed by atoms with E-state index < -0.39 is 6.10 Å². The molecule has 3 nitrogen and oxygen atoms in total. The van der Waals surface area contributed by atoms with Crippen LogP contribution < -0.4 is 9.47 Å². The molecule has 0 fully saturated rings. The fraction of sp³-hybridized carbons (Fsp3) is 0.294. The van der Waals surface area contributed by atoms with Crippen molar-refractivity contribution in [1.29, 1.82) is 0 Å². The summed E-state index contributed by atoms with van der Waals surface area (Å²) >= 11 is 0. The van der Waals surface area contributed by atoms with Gasteiger partial charge in [-0.2, -0.15) is 0 Å². The van der Waals surface area contributed by atoms with E-state index in [0.29, 0.717) is 19.6 Å². The highest BCUT2D eigenvalue weighted by atomic mass is 16.6. The quantitative estimate of drug-likeness (QED) is 0.927. The second-order valence-electron chi connectivity index (χ2n) is 4.94. The van der Waals surface area contributed by atoms with E-state index in [2.05, 4.69) is 12.1 Å². The van der Waals surface area contributed by atoms with Crippen LogP contribution in [0.5, 0.6) is 11.5 Å². The number of fused-ring (bicyclic) bond motifs is 1. The van der Waals surface area contributed by atoms with Crippen molar-refractivity contribution in [3.63, 3.8) is 0 Å². The third kappa shape index (κ3) is 2.94. The number of ether oxygens (including phenoxy) is 2. The van der Waals surface area contributed by atoms with Gasteiger partial charge in [0.15, 0.2) is 11.5 Å². The SMILES string of the molecule is OC(CCc1ccccc1)c1ccc2c(c1)OCCO2. The number of benzene rings is 2. The molecule has 1 atom stereocenters. The van der Waals surface area contributed by atoms with Crippen LogP contribution in [0.25, 0.3) is 0 Å². The van der Waals surface area contributed by atoms with Crippen LogP contribution in [0.1, 0.15) is 23.7 Å². The Morgan fingerprint density at radius 3 is 2.50 bits per heavy atom. The summed E-state index contributed by atoms with van der Waals surface area (Å²) in [5.74, 6) is 1.49. The van der Waals surface area contributed by atoms with Gasteiger partial charge in [-0.05, 0) is 36.1 Å². The van der Waals surface area contributed by atoms with Crippen molar-refractivity contribution in [2.45, 2.75) is 18.9 Å². The summed E-state index contributed by atoms with van der Waals surface area (Å²) in [7, 11) is 0. The second kappa shape index (κ2) is 5.97. The number of aliphatic hydroxyl groups excluding tert-OH is 1. The van der Waals surface area contributed by atoms with Gasteiger partial charge in [0, 0.05) is 0 Å². The average Bonchev–Trinajstić information content (AvgIpc) is 2.53. The Hall–Kier alpha value is -2.00. The summed E-state index contributed by atoms with van der Waals surface area (Å²) in [5.41, 5.74) is 2.12. The lowest BCUT2D eigenvalue weighted by molar-refractivity contribution is 0.159. The van der Waals surface area contributed by atoms with E-state index in [9.17, 15) is 5.11 Å². The van der Waals surface area contributed by atoms with Crippen molar-refractivity contribution >= 4 is 0 Å². The van der Waals surface area contributed by atoms with Gasteiger partial charge < -0.3 is 14.6 Å². The first kappa shape index (κ1) is 13.0. The fourth-order valence-electron chi connectivity index (χ4n) is 2.38. The minimum atomic E-state index is -0.481. The zero-order chi connectivity index (χ0) is 13.8. The van der Waals surface area contributed by atoms with E-state index in [4.69, 9.17) is 9.47 Å². The van der Waals surface area contributed by atoms with E-state index in [0.717, 1.165) is 23.5 Å². The fourth-order valence-corrected chi connectivity index (χ4v) is 2.38. The first-order chi connectivity index (χ1) is 9.83. The van der Waals surface area contributed by atoms with Crippen LogP contribution >= 0.6 is 0 Å². The average molecular weight is 270 g/mol. The highest BCUT2D eigenvalue weighted by molar-refractivity contribution is 5.44. The van der Waals surface area contributed by atoms with Gasteiger partial charge in [0.1, 0.15) is 13.2 Å². The highest BCUT2D eigenvalue weighted by Crippen LogP contribution is 2.33. The van der Waals surface area contributed by atoms with Crippen LogP contribution in [0.2, 0.25) is 0 Å². The number of aryl methyl sites for hydroxylation is 1. The molecule has 2 aromatic rings. The molecule has 1 aliphatic heterocycles. The van der Waals surface area contributed by atoms with E-state index >= 15 is 0 Å². The van der Waals surface area contributed by atoms with Crippen LogP contribution in [-0.4, -0.2) is 18.3 Å². The van der Waals surface area contributed by atoms with Crippen molar-refractivity contribution in [3.05, 3.63) is 59.7 Å². The third-order valence-corrected chi connectivity index (χ3v) is 3.50.